The maximum Gasteiger partial charge on any atom is 0.271 e. The van der Waals surface area contributed by atoms with Gasteiger partial charge in [-0.2, -0.15) is 5.10 Å². The molecule has 0 aliphatic carbocycles. The minimum Gasteiger partial charge on any atom is -0.369 e. The van der Waals surface area contributed by atoms with Crippen molar-refractivity contribution in [3.05, 3.63) is 30.2 Å². The summed E-state index contributed by atoms with van der Waals surface area (Å²) in [5.74, 6) is 1.08. The topological polar surface area (TPSA) is 108 Å². The number of H-pyrrole nitrogens is 1. The van der Waals surface area contributed by atoms with Gasteiger partial charge in [-0.05, 0) is 6.42 Å². The Morgan fingerprint density at radius 3 is 3.00 bits per heavy atom. The lowest BCUT2D eigenvalue weighted by Gasteiger charge is -2.06. The monoisotopic (exact) mass is 275 g/mol. The third kappa shape index (κ3) is 4.01. The van der Waals surface area contributed by atoms with Crippen LogP contribution in [0.25, 0.3) is 0 Å². The molecule has 2 aromatic heterocycles. The van der Waals surface area contributed by atoms with Crippen LogP contribution in [0.1, 0.15) is 29.7 Å². The number of hydrogen-bond donors (Lipinski definition) is 3. The smallest absolute Gasteiger partial charge is 0.271 e. The number of hydrogen-bond acceptors (Lipinski definition) is 6. The van der Waals surface area contributed by atoms with E-state index < -0.39 is 0 Å². The van der Waals surface area contributed by atoms with E-state index >= 15 is 0 Å². The Hall–Kier alpha value is -2.51. The largest absolute Gasteiger partial charge is 0.369 e. The van der Waals surface area contributed by atoms with E-state index in [-0.39, 0.29) is 5.91 Å². The molecule has 0 saturated carbocycles. The van der Waals surface area contributed by atoms with Gasteiger partial charge in [0.25, 0.3) is 5.91 Å². The summed E-state index contributed by atoms with van der Waals surface area (Å²) in [6.45, 7) is 3.31. The summed E-state index contributed by atoms with van der Waals surface area (Å²) in [4.78, 5) is 24.1. The summed E-state index contributed by atoms with van der Waals surface area (Å²) in [5.41, 5.74) is 0.295. The standard InChI is InChI=1S/C12H17N7O/c1-2-4-14-11-7-13-6-9(18-11)12(20)15-5-3-10-16-8-17-19-10/h6-8H,2-5H2,1H3,(H,14,18)(H,15,20)(H,16,17,19). The van der Waals surface area contributed by atoms with Gasteiger partial charge in [-0.1, -0.05) is 6.92 Å². The van der Waals surface area contributed by atoms with E-state index in [9.17, 15) is 4.79 Å². The second kappa shape index (κ2) is 7.17. The highest BCUT2D eigenvalue weighted by atomic mass is 16.1. The summed E-state index contributed by atoms with van der Waals surface area (Å²) in [6.07, 6.45) is 6.05. The Balaban J connectivity index is 1.85. The second-order valence-electron chi connectivity index (χ2n) is 4.15. The van der Waals surface area contributed by atoms with Gasteiger partial charge in [-0.25, -0.2) is 9.97 Å². The molecule has 0 bridgehead atoms. The van der Waals surface area contributed by atoms with Crippen molar-refractivity contribution >= 4 is 11.7 Å². The Bertz CT molecular complexity index is 540. The molecule has 0 fully saturated rings. The lowest BCUT2D eigenvalue weighted by Crippen LogP contribution is -2.27. The van der Waals surface area contributed by atoms with Crippen molar-refractivity contribution in [1.82, 2.24) is 30.5 Å². The van der Waals surface area contributed by atoms with Crippen LogP contribution in [-0.4, -0.2) is 44.1 Å². The number of rotatable bonds is 7. The Labute approximate surface area is 116 Å². The molecule has 8 nitrogen and oxygen atoms in total. The van der Waals surface area contributed by atoms with Crippen molar-refractivity contribution in [2.45, 2.75) is 19.8 Å². The van der Waals surface area contributed by atoms with E-state index in [0.29, 0.717) is 24.5 Å². The average Bonchev–Trinajstić information content (AvgIpc) is 2.98. The van der Waals surface area contributed by atoms with Crippen molar-refractivity contribution < 1.29 is 4.79 Å². The van der Waals surface area contributed by atoms with Gasteiger partial charge in [0.05, 0.1) is 12.4 Å². The van der Waals surface area contributed by atoms with Crippen molar-refractivity contribution in [2.75, 3.05) is 18.4 Å². The van der Waals surface area contributed by atoms with Gasteiger partial charge in [0.1, 0.15) is 23.7 Å². The first-order valence-corrected chi connectivity index (χ1v) is 6.48. The number of aromatic amines is 1. The molecule has 106 valence electrons. The fourth-order valence-corrected chi connectivity index (χ4v) is 1.55. The van der Waals surface area contributed by atoms with Crippen LogP contribution < -0.4 is 10.6 Å². The molecule has 0 aliphatic heterocycles. The first-order chi connectivity index (χ1) is 9.79. The van der Waals surface area contributed by atoms with Crippen molar-refractivity contribution in [1.29, 1.82) is 0 Å². The van der Waals surface area contributed by atoms with E-state index in [0.717, 1.165) is 18.8 Å². The number of nitrogens with one attached hydrogen (secondary N) is 3. The number of carbonyl (C=O) groups is 1. The Morgan fingerprint density at radius 1 is 1.35 bits per heavy atom. The molecule has 0 radical (unpaired) electrons. The van der Waals surface area contributed by atoms with Crippen LogP contribution in [0.15, 0.2) is 18.7 Å². The summed E-state index contributed by atoms with van der Waals surface area (Å²) >= 11 is 0. The van der Waals surface area contributed by atoms with Gasteiger partial charge < -0.3 is 10.6 Å². The molecule has 0 atom stereocenters. The summed E-state index contributed by atoms with van der Waals surface area (Å²) in [6, 6.07) is 0. The van der Waals surface area contributed by atoms with Crippen molar-refractivity contribution in [3.63, 3.8) is 0 Å². The highest BCUT2D eigenvalue weighted by Gasteiger charge is 2.08. The molecule has 0 saturated heterocycles. The maximum absolute atomic E-state index is 11.9. The molecular weight excluding hydrogens is 258 g/mol. The van der Waals surface area contributed by atoms with E-state index in [1.165, 1.54) is 12.5 Å². The number of amides is 1. The average molecular weight is 275 g/mol. The third-order valence-corrected chi connectivity index (χ3v) is 2.54. The first kappa shape index (κ1) is 13.9. The van der Waals surface area contributed by atoms with Gasteiger partial charge in [0.2, 0.25) is 0 Å². The van der Waals surface area contributed by atoms with Crippen LogP contribution >= 0.6 is 0 Å². The predicted octanol–water partition coefficient (Wildman–Crippen LogP) is 0.389. The zero-order valence-electron chi connectivity index (χ0n) is 11.3. The zero-order chi connectivity index (χ0) is 14.2. The van der Waals surface area contributed by atoms with Gasteiger partial charge >= 0.3 is 0 Å². The molecule has 3 N–H and O–H groups in total. The van der Waals surface area contributed by atoms with Crippen LogP contribution in [0.4, 0.5) is 5.82 Å². The number of nitrogens with zero attached hydrogens (tertiary/aromatic N) is 4. The molecule has 8 heteroatoms. The van der Waals surface area contributed by atoms with Gasteiger partial charge in [-0.3, -0.25) is 14.9 Å². The van der Waals surface area contributed by atoms with Crippen molar-refractivity contribution in [3.8, 4) is 0 Å². The zero-order valence-corrected chi connectivity index (χ0v) is 11.3. The normalized spacial score (nSPS) is 10.2. The number of anilines is 1. The molecule has 0 aromatic carbocycles. The number of aromatic nitrogens is 5. The van der Waals surface area contributed by atoms with Gasteiger partial charge in [0.15, 0.2) is 0 Å². The molecular formula is C12H17N7O. The molecule has 2 rings (SSSR count). The molecule has 0 spiro atoms. The molecule has 2 aromatic rings. The highest BCUT2D eigenvalue weighted by molar-refractivity contribution is 5.92. The molecule has 0 unspecified atom stereocenters. The molecule has 0 aliphatic rings. The van der Waals surface area contributed by atoms with Crippen LogP contribution in [0.3, 0.4) is 0 Å². The Morgan fingerprint density at radius 2 is 2.25 bits per heavy atom. The third-order valence-electron chi connectivity index (χ3n) is 2.54. The summed E-state index contributed by atoms with van der Waals surface area (Å²) < 4.78 is 0. The van der Waals surface area contributed by atoms with E-state index in [2.05, 4.69) is 42.7 Å². The molecule has 1 amide bonds. The highest BCUT2D eigenvalue weighted by Crippen LogP contribution is 2.02. The lowest BCUT2D eigenvalue weighted by molar-refractivity contribution is 0.0948. The predicted molar refractivity (Wildman–Crippen MR) is 73.2 cm³/mol. The lowest BCUT2D eigenvalue weighted by atomic mass is 10.3. The van der Waals surface area contributed by atoms with Crippen LogP contribution in [-0.2, 0) is 6.42 Å². The van der Waals surface area contributed by atoms with Crippen LogP contribution in [0.5, 0.6) is 0 Å². The summed E-state index contributed by atoms with van der Waals surface area (Å²) in [5, 5.41) is 12.3. The molecule has 20 heavy (non-hydrogen) atoms. The summed E-state index contributed by atoms with van der Waals surface area (Å²) in [7, 11) is 0. The van der Waals surface area contributed by atoms with Gasteiger partial charge in [-0.15, -0.1) is 0 Å². The number of carbonyl (C=O) groups excluding carboxylic acids is 1. The SMILES string of the molecule is CCCNc1cncc(C(=O)NCCc2ncn[nH]2)n1. The second-order valence-corrected chi connectivity index (χ2v) is 4.15. The maximum atomic E-state index is 11.9. The van der Waals surface area contributed by atoms with E-state index in [4.69, 9.17) is 0 Å². The van der Waals surface area contributed by atoms with Gasteiger partial charge in [0, 0.05) is 19.5 Å². The fourth-order valence-electron chi connectivity index (χ4n) is 1.55. The van der Waals surface area contributed by atoms with Crippen LogP contribution in [0.2, 0.25) is 0 Å². The van der Waals surface area contributed by atoms with Crippen LogP contribution in [0, 0.1) is 0 Å². The Kier molecular flexibility index (Phi) is 4.99. The minimum atomic E-state index is -0.253. The minimum absolute atomic E-state index is 0.253. The van der Waals surface area contributed by atoms with Crippen molar-refractivity contribution in [2.24, 2.45) is 0 Å². The fraction of sp³-hybridized carbons (Fsp3) is 0.417. The quantitative estimate of drug-likeness (QED) is 0.674. The van der Waals surface area contributed by atoms with E-state index in [1.807, 2.05) is 0 Å². The first-order valence-electron chi connectivity index (χ1n) is 6.48. The molecule has 2 heterocycles. The van der Waals surface area contributed by atoms with E-state index in [1.54, 1.807) is 6.20 Å².